The maximum Gasteiger partial charge on any atom is 0.408 e. The van der Waals surface area contributed by atoms with Crippen LogP contribution in [0.2, 0.25) is 0 Å². The maximum atomic E-state index is 11.7. The first-order chi connectivity index (χ1) is 10.2. The number of ether oxygens (including phenoxy) is 2. The molecule has 0 fully saturated rings. The van der Waals surface area contributed by atoms with Crippen molar-refractivity contribution in [2.24, 2.45) is 0 Å². The number of hydrogen-bond donors (Lipinski definition) is 3. The summed E-state index contributed by atoms with van der Waals surface area (Å²) >= 11 is 0. The van der Waals surface area contributed by atoms with Crippen molar-refractivity contribution in [2.75, 3.05) is 7.11 Å². The van der Waals surface area contributed by atoms with E-state index in [0.717, 1.165) is 0 Å². The fraction of sp³-hybridized carbons (Fsp3) is 0.467. The highest BCUT2D eigenvalue weighted by Crippen LogP contribution is 2.27. The number of para-hydroxylation sites is 1. The van der Waals surface area contributed by atoms with Crippen molar-refractivity contribution in [3.63, 3.8) is 0 Å². The van der Waals surface area contributed by atoms with Crippen LogP contribution in [0.15, 0.2) is 24.3 Å². The van der Waals surface area contributed by atoms with Gasteiger partial charge in [0.2, 0.25) is 0 Å². The van der Waals surface area contributed by atoms with Crippen molar-refractivity contribution in [3.05, 3.63) is 29.8 Å². The lowest BCUT2D eigenvalue weighted by Gasteiger charge is -2.25. The van der Waals surface area contributed by atoms with Gasteiger partial charge < -0.3 is 25.0 Å². The van der Waals surface area contributed by atoms with Gasteiger partial charge in [0, 0.05) is 5.56 Å². The molecule has 2 unspecified atom stereocenters. The summed E-state index contributed by atoms with van der Waals surface area (Å²) in [6.45, 7) is 4.96. The summed E-state index contributed by atoms with van der Waals surface area (Å²) in [5.74, 6) is -1.06. The fourth-order valence-electron chi connectivity index (χ4n) is 1.80. The molecule has 0 aromatic heterocycles. The molecule has 1 aromatic rings. The van der Waals surface area contributed by atoms with Crippen molar-refractivity contribution in [1.82, 2.24) is 5.32 Å². The number of nitrogens with one attached hydrogen (secondary N) is 1. The SMILES string of the molecule is COc1ccccc1C(O)C(NC(=O)OC(C)(C)C)C(=O)O. The third-order valence-corrected chi connectivity index (χ3v) is 2.71. The van der Waals surface area contributed by atoms with Crippen molar-refractivity contribution in [2.45, 2.75) is 38.5 Å². The molecule has 0 aliphatic heterocycles. The number of carboxylic acid groups (broad SMARTS) is 1. The van der Waals surface area contributed by atoms with Crippen molar-refractivity contribution in [1.29, 1.82) is 0 Å². The van der Waals surface area contributed by atoms with Gasteiger partial charge in [-0.05, 0) is 26.8 Å². The Bertz CT molecular complexity index is 537. The number of aliphatic hydroxyl groups excluding tert-OH is 1. The van der Waals surface area contributed by atoms with Crippen LogP contribution < -0.4 is 10.1 Å². The Hall–Kier alpha value is -2.28. The summed E-state index contributed by atoms with van der Waals surface area (Å²) < 4.78 is 10.1. The van der Waals surface area contributed by atoms with E-state index >= 15 is 0 Å². The number of carboxylic acids is 1. The lowest BCUT2D eigenvalue weighted by Crippen LogP contribution is -2.46. The number of aliphatic hydroxyl groups is 1. The molecule has 2 atom stereocenters. The first kappa shape index (κ1) is 17.8. The van der Waals surface area contributed by atoms with Crippen LogP contribution >= 0.6 is 0 Å². The van der Waals surface area contributed by atoms with E-state index < -0.39 is 29.8 Å². The minimum Gasteiger partial charge on any atom is -0.496 e. The molecular formula is C15H21NO6. The molecule has 0 radical (unpaired) electrons. The smallest absolute Gasteiger partial charge is 0.408 e. The predicted octanol–water partition coefficient (Wildman–Crippen LogP) is 1.71. The number of carbonyl (C=O) groups is 2. The van der Waals surface area contributed by atoms with Gasteiger partial charge in [-0.15, -0.1) is 0 Å². The summed E-state index contributed by atoms with van der Waals surface area (Å²) in [5.41, 5.74) is -0.517. The molecule has 122 valence electrons. The second-order valence-electron chi connectivity index (χ2n) is 5.65. The van der Waals surface area contributed by atoms with Gasteiger partial charge in [0.05, 0.1) is 7.11 Å². The molecule has 0 aliphatic carbocycles. The minimum atomic E-state index is -1.56. The Kier molecular flexibility index (Phi) is 5.76. The highest BCUT2D eigenvalue weighted by molar-refractivity contribution is 5.81. The molecule has 0 aliphatic rings. The number of rotatable bonds is 5. The molecule has 0 bridgehead atoms. The van der Waals surface area contributed by atoms with Gasteiger partial charge in [-0.25, -0.2) is 9.59 Å². The number of methoxy groups -OCH3 is 1. The number of benzene rings is 1. The van der Waals surface area contributed by atoms with Crippen LogP contribution in [-0.4, -0.2) is 41.0 Å². The zero-order valence-corrected chi connectivity index (χ0v) is 13.0. The number of alkyl carbamates (subject to hydrolysis) is 1. The van der Waals surface area contributed by atoms with Gasteiger partial charge in [0.1, 0.15) is 17.5 Å². The number of aliphatic carboxylic acids is 1. The quantitative estimate of drug-likeness (QED) is 0.764. The average Bonchev–Trinajstić information content (AvgIpc) is 2.41. The molecule has 1 amide bonds. The predicted molar refractivity (Wildman–Crippen MR) is 78.7 cm³/mol. The molecular weight excluding hydrogens is 290 g/mol. The van der Waals surface area contributed by atoms with Gasteiger partial charge in [-0.2, -0.15) is 0 Å². The van der Waals surface area contributed by atoms with E-state index in [9.17, 15) is 19.8 Å². The monoisotopic (exact) mass is 311 g/mol. The second-order valence-corrected chi connectivity index (χ2v) is 5.65. The summed E-state index contributed by atoms with van der Waals surface area (Å²) in [6, 6.07) is 4.87. The standard InChI is InChI=1S/C15H21NO6/c1-15(2,3)22-14(20)16-11(13(18)19)12(17)9-7-5-6-8-10(9)21-4/h5-8,11-12,17H,1-4H3,(H,16,20)(H,18,19). The molecule has 7 heteroatoms. The molecule has 3 N–H and O–H groups in total. The van der Waals surface area contributed by atoms with Gasteiger partial charge >= 0.3 is 12.1 Å². The molecule has 0 saturated heterocycles. The van der Waals surface area contributed by atoms with Gasteiger partial charge in [0.25, 0.3) is 0 Å². The maximum absolute atomic E-state index is 11.7. The summed E-state index contributed by atoms with van der Waals surface area (Å²) in [7, 11) is 1.41. The largest absolute Gasteiger partial charge is 0.496 e. The van der Waals surface area contributed by atoms with Crippen LogP contribution in [0.1, 0.15) is 32.4 Å². The fourth-order valence-corrected chi connectivity index (χ4v) is 1.80. The number of hydrogen-bond acceptors (Lipinski definition) is 5. The number of carbonyl (C=O) groups excluding carboxylic acids is 1. The Labute approximate surface area is 128 Å². The highest BCUT2D eigenvalue weighted by atomic mass is 16.6. The van der Waals surface area contributed by atoms with E-state index in [2.05, 4.69) is 5.32 Å². The Morgan fingerprint density at radius 1 is 1.23 bits per heavy atom. The van der Waals surface area contributed by atoms with E-state index in [4.69, 9.17) is 9.47 Å². The van der Waals surface area contributed by atoms with Crippen LogP contribution in [0.5, 0.6) is 5.75 Å². The van der Waals surface area contributed by atoms with Gasteiger partial charge in [-0.3, -0.25) is 0 Å². The van der Waals surface area contributed by atoms with Crippen molar-refractivity contribution >= 4 is 12.1 Å². The van der Waals surface area contributed by atoms with E-state index in [-0.39, 0.29) is 5.56 Å². The Morgan fingerprint density at radius 2 is 1.82 bits per heavy atom. The lowest BCUT2D eigenvalue weighted by molar-refractivity contribution is -0.142. The van der Waals surface area contributed by atoms with Crippen LogP contribution in [-0.2, 0) is 9.53 Å². The molecule has 0 spiro atoms. The summed E-state index contributed by atoms with van der Waals surface area (Å²) in [6.07, 6.45) is -2.41. The topological polar surface area (TPSA) is 105 Å². The Balaban J connectivity index is 2.96. The number of amides is 1. The molecule has 22 heavy (non-hydrogen) atoms. The summed E-state index contributed by atoms with van der Waals surface area (Å²) in [5, 5.41) is 21.7. The van der Waals surface area contributed by atoms with E-state index in [0.29, 0.717) is 5.75 Å². The van der Waals surface area contributed by atoms with Gasteiger partial charge in [-0.1, -0.05) is 18.2 Å². The normalized spacial score (nSPS) is 13.9. The van der Waals surface area contributed by atoms with Crippen LogP contribution in [0.4, 0.5) is 4.79 Å². The third-order valence-electron chi connectivity index (χ3n) is 2.71. The summed E-state index contributed by atoms with van der Waals surface area (Å²) in [4.78, 5) is 23.1. The van der Waals surface area contributed by atoms with Crippen molar-refractivity contribution < 1.29 is 29.3 Å². The van der Waals surface area contributed by atoms with Crippen molar-refractivity contribution in [3.8, 4) is 5.75 Å². The molecule has 1 rings (SSSR count). The second kappa shape index (κ2) is 7.13. The van der Waals surface area contributed by atoms with Crippen LogP contribution in [0, 0.1) is 0 Å². The lowest BCUT2D eigenvalue weighted by atomic mass is 10.0. The zero-order valence-electron chi connectivity index (χ0n) is 13.0. The van der Waals surface area contributed by atoms with Gasteiger partial charge in [0.15, 0.2) is 6.04 Å². The highest BCUT2D eigenvalue weighted by Gasteiger charge is 2.32. The molecule has 0 heterocycles. The zero-order chi connectivity index (χ0) is 16.9. The first-order valence-electron chi connectivity index (χ1n) is 6.69. The van der Waals surface area contributed by atoms with Crippen LogP contribution in [0.25, 0.3) is 0 Å². The molecule has 7 nitrogen and oxygen atoms in total. The molecule has 1 aromatic carbocycles. The minimum absolute atomic E-state index is 0.258. The third kappa shape index (κ3) is 4.92. The average molecular weight is 311 g/mol. The van der Waals surface area contributed by atoms with Crippen LogP contribution in [0.3, 0.4) is 0 Å². The Morgan fingerprint density at radius 3 is 2.32 bits per heavy atom. The molecule has 0 saturated carbocycles. The van der Waals surface area contributed by atoms with E-state index in [1.54, 1.807) is 39.0 Å². The van der Waals surface area contributed by atoms with E-state index in [1.165, 1.54) is 13.2 Å². The van der Waals surface area contributed by atoms with E-state index in [1.807, 2.05) is 0 Å². The first-order valence-corrected chi connectivity index (χ1v) is 6.69.